The smallest absolute Gasteiger partial charge is 0.274 e. The predicted molar refractivity (Wildman–Crippen MR) is 82.4 cm³/mol. The van der Waals surface area contributed by atoms with Crippen molar-refractivity contribution in [1.82, 2.24) is 14.9 Å². The van der Waals surface area contributed by atoms with Crippen molar-refractivity contribution >= 4 is 11.7 Å². The molecule has 1 aliphatic rings. The zero-order valence-corrected chi connectivity index (χ0v) is 12.5. The van der Waals surface area contributed by atoms with Gasteiger partial charge < -0.3 is 14.6 Å². The van der Waals surface area contributed by atoms with E-state index in [9.17, 15) is 4.79 Å². The van der Waals surface area contributed by atoms with E-state index in [2.05, 4.69) is 15.3 Å². The van der Waals surface area contributed by atoms with Gasteiger partial charge in [0.25, 0.3) is 5.91 Å². The molecule has 1 aliphatic heterocycles. The predicted octanol–water partition coefficient (Wildman–Crippen LogP) is 2.70. The summed E-state index contributed by atoms with van der Waals surface area (Å²) >= 11 is 0. The van der Waals surface area contributed by atoms with Crippen molar-refractivity contribution in [3.8, 4) is 0 Å². The van der Waals surface area contributed by atoms with Gasteiger partial charge in [-0.1, -0.05) is 12.8 Å². The summed E-state index contributed by atoms with van der Waals surface area (Å²) in [6.45, 7) is 2.18. The number of anilines is 1. The summed E-state index contributed by atoms with van der Waals surface area (Å²) in [6, 6.07) is 3.73. The Morgan fingerprint density at radius 1 is 1.18 bits per heavy atom. The molecular formula is C16H20N4O2. The minimum atomic E-state index is -0.0213. The van der Waals surface area contributed by atoms with E-state index in [1.807, 2.05) is 17.0 Å². The monoisotopic (exact) mass is 300 g/mol. The topological polar surface area (TPSA) is 71.3 Å². The van der Waals surface area contributed by atoms with Crippen LogP contribution in [-0.2, 0) is 6.54 Å². The number of nitrogens with one attached hydrogen (secondary N) is 1. The molecule has 116 valence electrons. The van der Waals surface area contributed by atoms with Gasteiger partial charge in [-0.2, -0.15) is 0 Å². The molecule has 22 heavy (non-hydrogen) atoms. The first kappa shape index (κ1) is 14.6. The summed E-state index contributed by atoms with van der Waals surface area (Å²) in [7, 11) is 0. The maximum Gasteiger partial charge on any atom is 0.274 e. The third-order valence-corrected chi connectivity index (χ3v) is 3.79. The standard InChI is InChI=1S/C16H20N4O2/c21-16(20-7-3-1-2-4-8-20)14-11-19-15(12-17-14)18-10-13-6-5-9-22-13/h5-6,9,11-12H,1-4,7-8,10H2,(H,18,19). The molecule has 1 fully saturated rings. The molecule has 2 aromatic rings. The molecule has 3 rings (SSSR count). The summed E-state index contributed by atoms with van der Waals surface area (Å²) in [6.07, 6.45) is 9.30. The minimum Gasteiger partial charge on any atom is -0.467 e. The number of hydrogen-bond acceptors (Lipinski definition) is 5. The molecule has 1 N–H and O–H groups in total. The van der Waals surface area contributed by atoms with E-state index < -0.39 is 0 Å². The van der Waals surface area contributed by atoms with Crippen LogP contribution >= 0.6 is 0 Å². The van der Waals surface area contributed by atoms with E-state index >= 15 is 0 Å². The van der Waals surface area contributed by atoms with Gasteiger partial charge >= 0.3 is 0 Å². The molecule has 0 aromatic carbocycles. The second kappa shape index (κ2) is 7.06. The van der Waals surface area contributed by atoms with Gasteiger partial charge in [0, 0.05) is 13.1 Å². The van der Waals surface area contributed by atoms with Crippen LogP contribution in [0.2, 0.25) is 0 Å². The number of amides is 1. The highest BCUT2D eigenvalue weighted by Gasteiger charge is 2.18. The lowest BCUT2D eigenvalue weighted by molar-refractivity contribution is 0.0755. The first-order valence-corrected chi connectivity index (χ1v) is 7.70. The van der Waals surface area contributed by atoms with Gasteiger partial charge in [-0.3, -0.25) is 4.79 Å². The molecule has 0 spiro atoms. The Bertz CT molecular complexity index is 587. The Balaban J connectivity index is 1.59. The number of furan rings is 1. The van der Waals surface area contributed by atoms with Gasteiger partial charge in [-0.05, 0) is 25.0 Å². The molecule has 0 radical (unpaired) electrons. The van der Waals surface area contributed by atoms with Crippen molar-refractivity contribution in [1.29, 1.82) is 0 Å². The number of carbonyl (C=O) groups is 1. The number of hydrogen-bond donors (Lipinski definition) is 1. The zero-order chi connectivity index (χ0) is 15.2. The van der Waals surface area contributed by atoms with Crippen molar-refractivity contribution < 1.29 is 9.21 Å². The highest BCUT2D eigenvalue weighted by Crippen LogP contribution is 2.13. The average Bonchev–Trinajstić information content (AvgIpc) is 2.93. The van der Waals surface area contributed by atoms with Crippen LogP contribution in [0.3, 0.4) is 0 Å². The Morgan fingerprint density at radius 2 is 2.00 bits per heavy atom. The number of carbonyl (C=O) groups excluding carboxylic acids is 1. The Kier molecular flexibility index (Phi) is 4.68. The van der Waals surface area contributed by atoms with Crippen LogP contribution in [0.25, 0.3) is 0 Å². The summed E-state index contributed by atoms with van der Waals surface area (Å²) in [4.78, 5) is 22.8. The molecule has 0 saturated carbocycles. The van der Waals surface area contributed by atoms with Crippen LogP contribution in [0.15, 0.2) is 35.2 Å². The largest absolute Gasteiger partial charge is 0.467 e. The SMILES string of the molecule is O=C(c1cnc(NCc2ccco2)cn1)N1CCCCCC1. The normalized spacial score (nSPS) is 15.4. The summed E-state index contributed by atoms with van der Waals surface area (Å²) < 4.78 is 5.24. The Morgan fingerprint density at radius 3 is 2.64 bits per heavy atom. The molecule has 6 heteroatoms. The fourth-order valence-electron chi connectivity index (χ4n) is 2.56. The van der Waals surface area contributed by atoms with E-state index in [1.165, 1.54) is 19.0 Å². The molecule has 3 heterocycles. The van der Waals surface area contributed by atoms with Gasteiger partial charge in [0.1, 0.15) is 17.3 Å². The highest BCUT2D eigenvalue weighted by molar-refractivity contribution is 5.92. The Labute approximate surface area is 129 Å². The number of likely N-dealkylation sites (tertiary alicyclic amines) is 1. The third-order valence-electron chi connectivity index (χ3n) is 3.79. The fourth-order valence-corrected chi connectivity index (χ4v) is 2.56. The van der Waals surface area contributed by atoms with Crippen LogP contribution in [0.1, 0.15) is 41.9 Å². The van der Waals surface area contributed by atoms with Crippen LogP contribution in [0, 0.1) is 0 Å². The van der Waals surface area contributed by atoms with Crippen LogP contribution < -0.4 is 5.32 Å². The van der Waals surface area contributed by atoms with Crippen LogP contribution in [0.4, 0.5) is 5.82 Å². The molecular weight excluding hydrogens is 280 g/mol. The molecule has 6 nitrogen and oxygen atoms in total. The van der Waals surface area contributed by atoms with E-state index in [-0.39, 0.29) is 5.91 Å². The number of nitrogens with zero attached hydrogens (tertiary/aromatic N) is 3. The Hall–Kier alpha value is -2.37. The maximum absolute atomic E-state index is 12.4. The van der Waals surface area contributed by atoms with E-state index in [0.29, 0.717) is 18.1 Å². The molecule has 0 aliphatic carbocycles. The highest BCUT2D eigenvalue weighted by atomic mass is 16.3. The lowest BCUT2D eigenvalue weighted by atomic mass is 10.2. The van der Waals surface area contributed by atoms with E-state index in [4.69, 9.17) is 4.42 Å². The second-order valence-corrected chi connectivity index (χ2v) is 5.43. The first-order chi connectivity index (χ1) is 10.8. The van der Waals surface area contributed by atoms with Crippen LogP contribution in [-0.4, -0.2) is 33.9 Å². The van der Waals surface area contributed by atoms with Crippen molar-refractivity contribution in [3.05, 3.63) is 42.2 Å². The van der Waals surface area contributed by atoms with E-state index in [0.717, 1.165) is 31.7 Å². The maximum atomic E-state index is 12.4. The molecule has 0 atom stereocenters. The van der Waals surface area contributed by atoms with Gasteiger partial charge in [-0.25, -0.2) is 9.97 Å². The molecule has 1 saturated heterocycles. The second-order valence-electron chi connectivity index (χ2n) is 5.43. The van der Waals surface area contributed by atoms with Gasteiger partial charge in [-0.15, -0.1) is 0 Å². The third kappa shape index (κ3) is 3.63. The quantitative estimate of drug-likeness (QED) is 0.940. The van der Waals surface area contributed by atoms with Crippen LogP contribution in [0.5, 0.6) is 0 Å². The number of rotatable bonds is 4. The van der Waals surface area contributed by atoms with Gasteiger partial charge in [0.05, 0.1) is 25.2 Å². The van der Waals surface area contributed by atoms with Crippen molar-refractivity contribution in [2.75, 3.05) is 18.4 Å². The lowest BCUT2D eigenvalue weighted by Crippen LogP contribution is -2.32. The zero-order valence-electron chi connectivity index (χ0n) is 12.5. The summed E-state index contributed by atoms with van der Waals surface area (Å²) in [5, 5.41) is 3.11. The molecule has 2 aromatic heterocycles. The lowest BCUT2D eigenvalue weighted by Gasteiger charge is -2.19. The minimum absolute atomic E-state index is 0.0213. The summed E-state index contributed by atoms with van der Waals surface area (Å²) in [5.74, 6) is 1.43. The molecule has 0 unspecified atom stereocenters. The fraction of sp³-hybridized carbons (Fsp3) is 0.438. The van der Waals surface area contributed by atoms with E-state index in [1.54, 1.807) is 12.5 Å². The van der Waals surface area contributed by atoms with Gasteiger partial charge in [0.15, 0.2) is 0 Å². The van der Waals surface area contributed by atoms with Gasteiger partial charge in [0.2, 0.25) is 0 Å². The van der Waals surface area contributed by atoms with Crippen molar-refractivity contribution in [2.45, 2.75) is 32.2 Å². The summed E-state index contributed by atoms with van der Waals surface area (Å²) in [5.41, 5.74) is 0.408. The average molecular weight is 300 g/mol. The first-order valence-electron chi connectivity index (χ1n) is 7.70. The molecule has 0 bridgehead atoms. The number of aromatic nitrogens is 2. The molecule has 1 amide bonds. The van der Waals surface area contributed by atoms with Crippen molar-refractivity contribution in [2.24, 2.45) is 0 Å². The van der Waals surface area contributed by atoms with Crippen molar-refractivity contribution in [3.63, 3.8) is 0 Å².